The first-order valence-corrected chi connectivity index (χ1v) is 12.2. The smallest absolute Gasteiger partial charge is 0.193 e. The molecule has 0 aromatic rings. The number of ketones is 1. The number of rotatable bonds is 2. The fourth-order valence-corrected chi connectivity index (χ4v) is 8.20. The Labute approximate surface area is 191 Å². The molecule has 3 saturated carbocycles. The predicted octanol–water partition coefficient (Wildman–Crippen LogP) is 4.12. The van der Waals surface area contributed by atoms with Gasteiger partial charge < -0.3 is 19.7 Å². The molecule has 5 aliphatic rings. The van der Waals surface area contributed by atoms with Crippen LogP contribution >= 0.6 is 0 Å². The summed E-state index contributed by atoms with van der Waals surface area (Å²) in [5, 5.41) is 21.3. The first kappa shape index (κ1) is 24.1. The van der Waals surface area contributed by atoms with Gasteiger partial charge in [-0.05, 0) is 56.9 Å². The highest BCUT2D eigenvalue weighted by Gasteiger charge is 2.77. The third-order valence-corrected chi connectivity index (χ3v) is 9.07. The zero-order valence-electron chi connectivity index (χ0n) is 20.2. The van der Waals surface area contributed by atoms with Gasteiger partial charge >= 0.3 is 0 Å². The standard InChI is InChI=1S/C24H33FO5.C2H6/c1-21(2)29-19-10-15-13-9-16(25)14-7-5-6-8-22(14,3)20(13)17(27)11-23(15,4)24(19,30-21)18(28)12-26;1-2/h6-8,13,15-17,19-20,26-27H,5,9-12H2,1-4H3;1-2H3/t13-,15-,16-,17-,19+,20+,22-,23-,24+;/m0./s1. The van der Waals surface area contributed by atoms with Gasteiger partial charge in [-0.2, -0.15) is 0 Å². The summed E-state index contributed by atoms with van der Waals surface area (Å²) >= 11 is 0. The maximum absolute atomic E-state index is 15.4. The number of fused-ring (bicyclic) bond motifs is 7. The van der Waals surface area contributed by atoms with Crippen molar-refractivity contribution in [2.75, 3.05) is 6.61 Å². The SMILES string of the molecule is CC.CC1(C)O[C@@H]2C[C@H]3[C@@H]4C[C@H](F)C5=CCC=C[C@]5(C)[C@H]4[C@@H](O)C[C@]3(C)[C@]2(C(=O)CO)O1. The maximum atomic E-state index is 15.4. The van der Waals surface area contributed by atoms with E-state index in [-0.39, 0.29) is 17.8 Å². The summed E-state index contributed by atoms with van der Waals surface area (Å²) in [5.41, 5.74) is -1.77. The number of carbonyl (C=O) groups excluding carboxylic acids is 1. The molecule has 0 radical (unpaired) electrons. The average Bonchev–Trinajstić information content (AvgIpc) is 3.14. The molecule has 1 heterocycles. The van der Waals surface area contributed by atoms with Gasteiger partial charge in [0.2, 0.25) is 0 Å². The van der Waals surface area contributed by atoms with Gasteiger partial charge in [-0.15, -0.1) is 0 Å². The Morgan fingerprint density at radius 1 is 1.22 bits per heavy atom. The van der Waals surface area contributed by atoms with Gasteiger partial charge in [0.15, 0.2) is 17.2 Å². The van der Waals surface area contributed by atoms with E-state index in [2.05, 4.69) is 12.2 Å². The average molecular weight is 451 g/mol. The van der Waals surface area contributed by atoms with Gasteiger partial charge in [0.25, 0.3) is 0 Å². The van der Waals surface area contributed by atoms with Crippen LogP contribution < -0.4 is 0 Å². The number of aliphatic hydroxyl groups excluding tert-OH is 2. The number of Topliss-reactive ketones (excluding diaryl/α,β-unsaturated/α-hetero) is 1. The Morgan fingerprint density at radius 2 is 1.91 bits per heavy atom. The third-order valence-electron chi connectivity index (χ3n) is 9.07. The van der Waals surface area contributed by atoms with E-state index in [4.69, 9.17) is 9.47 Å². The Bertz CT molecular complexity index is 836. The molecule has 4 fully saturated rings. The predicted molar refractivity (Wildman–Crippen MR) is 119 cm³/mol. The zero-order chi connectivity index (χ0) is 23.7. The number of aliphatic hydroxyl groups is 2. The summed E-state index contributed by atoms with van der Waals surface area (Å²) in [6, 6.07) is 0. The van der Waals surface area contributed by atoms with E-state index in [1.165, 1.54) is 0 Å². The monoisotopic (exact) mass is 450 g/mol. The molecule has 1 saturated heterocycles. The molecule has 0 unspecified atom stereocenters. The van der Waals surface area contributed by atoms with Gasteiger partial charge in [-0.25, -0.2) is 4.39 Å². The van der Waals surface area contributed by atoms with E-state index >= 15 is 4.39 Å². The topological polar surface area (TPSA) is 76.0 Å². The van der Waals surface area contributed by atoms with Crippen LogP contribution in [0.3, 0.4) is 0 Å². The lowest BCUT2D eigenvalue weighted by molar-refractivity contribution is -0.226. The largest absolute Gasteiger partial charge is 0.393 e. The van der Waals surface area contributed by atoms with Gasteiger partial charge in [0, 0.05) is 16.7 Å². The summed E-state index contributed by atoms with van der Waals surface area (Å²) in [5.74, 6) is -1.59. The Kier molecular flexibility index (Phi) is 5.81. The minimum atomic E-state index is -1.31. The summed E-state index contributed by atoms with van der Waals surface area (Å²) in [6.07, 6.45) is 5.89. The highest BCUT2D eigenvalue weighted by Crippen LogP contribution is 2.70. The van der Waals surface area contributed by atoms with Crippen molar-refractivity contribution in [2.45, 2.75) is 97.0 Å². The molecule has 9 atom stereocenters. The molecule has 0 spiro atoms. The van der Waals surface area contributed by atoms with Crippen molar-refractivity contribution < 1.29 is 28.9 Å². The van der Waals surface area contributed by atoms with E-state index in [1.54, 1.807) is 13.8 Å². The highest BCUT2D eigenvalue weighted by molar-refractivity contribution is 5.91. The van der Waals surface area contributed by atoms with Crippen LogP contribution in [0.1, 0.15) is 67.2 Å². The van der Waals surface area contributed by atoms with Crippen molar-refractivity contribution in [3.8, 4) is 0 Å². The van der Waals surface area contributed by atoms with Crippen molar-refractivity contribution >= 4 is 5.78 Å². The number of hydrogen-bond acceptors (Lipinski definition) is 5. The lowest BCUT2D eigenvalue weighted by Crippen LogP contribution is -2.64. The minimum absolute atomic E-state index is 0.0329. The summed E-state index contributed by atoms with van der Waals surface area (Å²) in [7, 11) is 0. The normalized spacial score (nSPS) is 50.2. The molecule has 5 nitrogen and oxygen atoms in total. The van der Waals surface area contributed by atoms with Crippen LogP contribution in [0.15, 0.2) is 23.8 Å². The minimum Gasteiger partial charge on any atom is -0.393 e. The van der Waals surface area contributed by atoms with Gasteiger partial charge in [-0.3, -0.25) is 4.79 Å². The van der Waals surface area contributed by atoms with Gasteiger partial charge in [0.05, 0.1) is 12.2 Å². The quantitative estimate of drug-likeness (QED) is 0.619. The Hall–Kier alpha value is -1.08. The molecule has 6 heteroatoms. The lowest BCUT2D eigenvalue weighted by Gasteiger charge is -2.60. The summed E-state index contributed by atoms with van der Waals surface area (Å²) < 4.78 is 27.9. The summed E-state index contributed by atoms with van der Waals surface area (Å²) in [4.78, 5) is 13.2. The first-order valence-electron chi connectivity index (χ1n) is 12.2. The molecule has 0 aromatic heterocycles. The number of halogens is 1. The highest BCUT2D eigenvalue weighted by atomic mass is 19.1. The maximum Gasteiger partial charge on any atom is 0.193 e. The van der Waals surface area contributed by atoms with Crippen LogP contribution in [0.25, 0.3) is 0 Å². The summed E-state index contributed by atoms with van der Waals surface area (Å²) in [6.45, 7) is 10.9. The van der Waals surface area contributed by atoms with E-state index in [9.17, 15) is 15.0 Å². The van der Waals surface area contributed by atoms with Crippen LogP contribution in [0.5, 0.6) is 0 Å². The van der Waals surface area contributed by atoms with Crippen molar-refractivity contribution in [3.05, 3.63) is 23.8 Å². The molecule has 5 rings (SSSR count). The van der Waals surface area contributed by atoms with Crippen LogP contribution in [0.4, 0.5) is 4.39 Å². The van der Waals surface area contributed by atoms with Crippen molar-refractivity contribution in [1.29, 1.82) is 0 Å². The van der Waals surface area contributed by atoms with E-state index in [0.29, 0.717) is 19.3 Å². The fraction of sp³-hybridized carbons (Fsp3) is 0.808. The molecule has 2 N–H and O–H groups in total. The number of alkyl halides is 1. The van der Waals surface area contributed by atoms with E-state index in [0.717, 1.165) is 12.0 Å². The number of carbonyl (C=O) groups is 1. The second-order valence-electron chi connectivity index (χ2n) is 10.9. The molecule has 32 heavy (non-hydrogen) atoms. The molecule has 0 amide bonds. The number of ether oxygens (including phenoxy) is 2. The van der Waals surface area contributed by atoms with Crippen molar-refractivity contribution in [2.24, 2.45) is 28.6 Å². The lowest BCUT2D eigenvalue weighted by atomic mass is 9.46. The first-order chi connectivity index (χ1) is 15.0. The van der Waals surface area contributed by atoms with Crippen LogP contribution in [-0.2, 0) is 14.3 Å². The van der Waals surface area contributed by atoms with Gasteiger partial charge in [0.1, 0.15) is 12.8 Å². The molecule has 0 aromatic carbocycles. The Balaban J connectivity index is 0.00000119. The van der Waals surface area contributed by atoms with Crippen LogP contribution in [-0.4, -0.2) is 52.4 Å². The molecular weight excluding hydrogens is 411 g/mol. The van der Waals surface area contributed by atoms with Crippen LogP contribution in [0, 0.1) is 28.6 Å². The van der Waals surface area contributed by atoms with E-state index < -0.39 is 53.0 Å². The molecule has 1 aliphatic heterocycles. The molecule has 4 aliphatic carbocycles. The zero-order valence-corrected chi connectivity index (χ0v) is 20.2. The molecule has 0 bridgehead atoms. The fourth-order valence-electron chi connectivity index (χ4n) is 8.20. The second-order valence-corrected chi connectivity index (χ2v) is 10.9. The molecular formula is C26H39FO5. The third kappa shape index (κ3) is 2.92. The number of hydrogen-bond donors (Lipinski definition) is 2. The van der Waals surface area contributed by atoms with Crippen molar-refractivity contribution in [3.63, 3.8) is 0 Å². The van der Waals surface area contributed by atoms with Crippen LogP contribution in [0.2, 0.25) is 0 Å². The van der Waals surface area contributed by atoms with Gasteiger partial charge in [-0.1, -0.05) is 45.9 Å². The Morgan fingerprint density at radius 3 is 2.56 bits per heavy atom. The number of allylic oxidation sites excluding steroid dienone is 4. The second kappa shape index (κ2) is 7.72. The van der Waals surface area contributed by atoms with Crippen molar-refractivity contribution in [1.82, 2.24) is 0 Å². The molecule has 180 valence electrons. The van der Waals surface area contributed by atoms with E-state index in [1.807, 2.05) is 33.8 Å².